The number of halogens is 1. The maximum Gasteiger partial charge on any atom is 0.323 e. The second-order valence-electron chi connectivity index (χ2n) is 4.61. The van der Waals surface area contributed by atoms with Crippen LogP contribution >= 0.6 is 11.6 Å². The van der Waals surface area contributed by atoms with E-state index in [2.05, 4.69) is 10.6 Å². The lowest BCUT2D eigenvalue weighted by Gasteiger charge is -2.08. The Morgan fingerprint density at radius 2 is 2.21 bits per heavy atom. The lowest BCUT2D eigenvalue weighted by molar-refractivity contribution is 0.255. The SMILES string of the molecule is COc1ccc(NC(=O)N/C=C(\C)C2CC2)cc1Cl. The van der Waals surface area contributed by atoms with Crippen molar-refractivity contribution >= 4 is 23.3 Å². The molecule has 0 aliphatic heterocycles. The van der Waals surface area contributed by atoms with Crippen LogP contribution in [0.4, 0.5) is 10.5 Å². The first-order chi connectivity index (χ1) is 9.10. The summed E-state index contributed by atoms with van der Waals surface area (Å²) in [5.41, 5.74) is 1.84. The molecule has 1 saturated carbocycles. The van der Waals surface area contributed by atoms with E-state index in [4.69, 9.17) is 16.3 Å². The summed E-state index contributed by atoms with van der Waals surface area (Å²) in [6.07, 6.45) is 4.21. The van der Waals surface area contributed by atoms with Gasteiger partial charge in [0.2, 0.25) is 0 Å². The van der Waals surface area contributed by atoms with Crippen LogP contribution in [0.5, 0.6) is 5.75 Å². The number of rotatable bonds is 4. The van der Waals surface area contributed by atoms with Gasteiger partial charge in [0.15, 0.2) is 0 Å². The average molecular weight is 281 g/mol. The van der Waals surface area contributed by atoms with E-state index in [0.29, 0.717) is 22.4 Å². The van der Waals surface area contributed by atoms with Gasteiger partial charge in [-0.1, -0.05) is 17.2 Å². The molecule has 2 amide bonds. The van der Waals surface area contributed by atoms with E-state index >= 15 is 0 Å². The fourth-order valence-corrected chi connectivity index (χ4v) is 2.00. The van der Waals surface area contributed by atoms with Crippen molar-refractivity contribution in [1.82, 2.24) is 5.32 Å². The predicted molar refractivity (Wildman–Crippen MR) is 76.6 cm³/mol. The predicted octanol–water partition coefficient (Wildman–Crippen LogP) is 3.78. The van der Waals surface area contributed by atoms with E-state index in [-0.39, 0.29) is 6.03 Å². The number of allylic oxidation sites excluding steroid dienone is 1. The Morgan fingerprint density at radius 3 is 2.79 bits per heavy atom. The summed E-state index contributed by atoms with van der Waals surface area (Å²) >= 11 is 5.98. The third kappa shape index (κ3) is 3.89. The lowest BCUT2D eigenvalue weighted by atomic mass is 10.2. The molecular formula is C14H17ClN2O2. The van der Waals surface area contributed by atoms with Crippen LogP contribution in [-0.4, -0.2) is 13.1 Å². The standard InChI is InChI=1S/C14H17ClN2O2/c1-9(10-3-4-10)8-16-14(18)17-11-5-6-13(19-2)12(15)7-11/h5-8,10H,3-4H2,1-2H3,(H2,16,17,18)/b9-8+. The van der Waals surface area contributed by atoms with Crippen LogP contribution in [0.15, 0.2) is 30.0 Å². The number of benzene rings is 1. The molecule has 0 unspecified atom stereocenters. The first-order valence-corrected chi connectivity index (χ1v) is 6.55. The van der Waals surface area contributed by atoms with E-state index in [1.807, 2.05) is 6.92 Å². The highest BCUT2D eigenvalue weighted by Crippen LogP contribution is 2.35. The summed E-state index contributed by atoms with van der Waals surface area (Å²) < 4.78 is 5.05. The van der Waals surface area contributed by atoms with Crippen LogP contribution in [-0.2, 0) is 0 Å². The number of ether oxygens (including phenoxy) is 1. The van der Waals surface area contributed by atoms with Crippen LogP contribution < -0.4 is 15.4 Å². The number of nitrogens with one attached hydrogen (secondary N) is 2. The highest BCUT2D eigenvalue weighted by molar-refractivity contribution is 6.32. The van der Waals surface area contributed by atoms with Crippen LogP contribution in [0.25, 0.3) is 0 Å². The van der Waals surface area contributed by atoms with Gasteiger partial charge in [-0.15, -0.1) is 0 Å². The maximum atomic E-state index is 11.7. The number of hydrogen-bond acceptors (Lipinski definition) is 2. The number of urea groups is 1. The first kappa shape index (κ1) is 13.7. The normalized spacial score (nSPS) is 15.0. The highest BCUT2D eigenvalue weighted by Gasteiger charge is 2.22. The number of methoxy groups -OCH3 is 1. The molecule has 0 aromatic heterocycles. The minimum Gasteiger partial charge on any atom is -0.495 e. The molecular weight excluding hydrogens is 264 g/mol. The fraction of sp³-hybridized carbons (Fsp3) is 0.357. The molecule has 0 heterocycles. The Kier molecular flexibility index (Phi) is 4.32. The number of anilines is 1. The molecule has 2 rings (SSSR count). The smallest absolute Gasteiger partial charge is 0.323 e. The Bertz CT molecular complexity index is 510. The quantitative estimate of drug-likeness (QED) is 0.882. The maximum absolute atomic E-state index is 11.7. The first-order valence-electron chi connectivity index (χ1n) is 6.18. The second kappa shape index (κ2) is 5.97. The molecule has 0 bridgehead atoms. The van der Waals surface area contributed by atoms with Gasteiger partial charge >= 0.3 is 6.03 Å². The van der Waals surface area contributed by atoms with E-state index in [1.165, 1.54) is 18.4 Å². The van der Waals surface area contributed by atoms with Crippen molar-refractivity contribution in [3.63, 3.8) is 0 Å². The highest BCUT2D eigenvalue weighted by atomic mass is 35.5. The summed E-state index contributed by atoms with van der Waals surface area (Å²) in [6, 6.07) is 4.82. The Balaban J connectivity index is 1.91. The summed E-state index contributed by atoms with van der Waals surface area (Å²) in [7, 11) is 1.55. The van der Waals surface area contributed by atoms with Gasteiger partial charge in [0, 0.05) is 11.9 Å². The van der Waals surface area contributed by atoms with Crippen molar-refractivity contribution in [3.05, 3.63) is 35.0 Å². The zero-order valence-electron chi connectivity index (χ0n) is 11.0. The van der Waals surface area contributed by atoms with Gasteiger partial charge in [-0.05, 0) is 43.9 Å². The third-order valence-electron chi connectivity index (χ3n) is 3.06. The Labute approximate surface area is 117 Å². The minimum atomic E-state index is -0.277. The van der Waals surface area contributed by atoms with Gasteiger partial charge in [-0.2, -0.15) is 0 Å². The second-order valence-corrected chi connectivity index (χ2v) is 5.02. The largest absolute Gasteiger partial charge is 0.495 e. The number of carbonyl (C=O) groups is 1. The molecule has 1 fully saturated rings. The van der Waals surface area contributed by atoms with Crippen molar-refractivity contribution in [2.24, 2.45) is 5.92 Å². The third-order valence-corrected chi connectivity index (χ3v) is 3.36. The van der Waals surface area contributed by atoms with Crippen molar-refractivity contribution in [1.29, 1.82) is 0 Å². The van der Waals surface area contributed by atoms with Crippen molar-refractivity contribution in [2.45, 2.75) is 19.8 Å². The van der Waals surface area contributed by atoms with Gasteiger partial charge in [0.1, 0.15) is 5.75 Å². The zero-order chi connectivity index (χ0) is 13.8. The van der Waals surface area contributed by atoms with Crippen molar-refractivity contribution in [2.75, 3.05) is 12.4 Å². The minimum absolute atomic E-state index is 0.277. The Morgan fingerprint density at radius 1 is 1.47 bits per heavy atom. The van der Waals surface area contributed by atoms with Crippen LogP contribution in [0.2, 0.25) is 5.02 Å². The number of carbonyl (C=O) groups excluding carboxylic acids is 1. The zero-order valence-corrected chi connectivity index (χ0v) is 11.8. The lowest BCUT2D eigenvalue weighted by Crippen LogP contribution is -2.24. The summed E-state index contributed by atoms with van der Waals surface area (Å²) in [5, 5.41) is 5.89. The van der Waals surface area contributed by atoms with Gasteiger partial charge in [-0.3, -0.25) is 0 Å². The molecule has 19 heavy (non-hydrogen) atoms. The van der Waals surface area contributed by atoms with Gasteiger partial charge in [0.05, 0.1) is 12.1 Å². The molecule has 0 spiro atoms. The molecule has 0 saturated heterocycles. The van der Waals surface area contributed by atoms with E-state index in [1.54, 1.807) is 31.5 Å². The molecule has 1 aromatic rings. The van der Waals surface area contributed by atoms with E-state index in [9.17, 15) is 4.79 Å². The summed E-state index contributed by atoms with van der Waals surface area (Å²) in [5.74, 6) is 1.23. The van der Waals surface area contributed by atoms with Crippen LogP contribution in [0.1, 0.15) is 19.8 Å². The molecule has 0 radical (unpaired) electrons. The van der Waals surface area contributed by atoms with E-state index < -0.39 is 0 Å². The molecule has 0 atom stereocenters. The average Bonchev–Trinajstić information content (AvgIpc) is 3.20. The summed E-state index contributed by atoms with van der Waals surface area (Å²) in [6.45, 7) is 2.03. The molecule has 4 nitrogen and oxygen atoms in total. The van der Waals surface area contributed by atoms with Crippen LogP contribution in [0.3, 0.4) is 0 Å². The van der Waals surface area contributed by atoms with Gasteiger partial charge in [0.25, 0.3) is 0 Å². The van der Waals surface area contributed by atoms with Gasteiger partial charge < -0.3 is 15.4 Å². The number of amides is 2. The molecule has 5 heteroatoms. The van der Waals surface area contributed by atoms with Crippen molar-refractivity contribution in [3.8, 4) is 5.75 Å². The molecule has 2 N–H and O–H groups in total. The molecule has 1 aromatic carbocycles. The van der Waals surface area contributed by atoms with Crippen molar-refractivity contribution < 1.29 is 9.53 Å². The topological polar surface area (TPSA) is 50.4 Å². The Hall–Kier alpha value is -1.68. The van der Waals surface area contributed by atoms with Crippen LogP contribution in [0, 0.1) is 5.92 Å². The fourth-order valence-electron chi connectivity index (χ4n) is 1.75. The summed E-state index contributed by atoms with van der Waals surface area (Å²) in [4.78, 5) is 11.7. The molecule has 102 valence electrons. The molecule has 1 aliphatic rings. The monoisotopic (exact) mass is 280 g/mol. The van der Waals surface area contributed by atoms with E-state index in [0.717, 1.165) is 0 Å². The molecule has 1 aliphatic carbocycles. The number of hydrogen-bond donors (Lipinski definition) is 2. The van der Waals surface area contributed by atoms with Gasteiger partial charge in [-0.25, -0.2) is 4.79 Å².